The van der Waals surface area contributed by atoms with Crippen molar-refractivity contribution in [2.75, 3.05) is 6.54 Å². The first kappa shape index (κ1) is 16.6. The summed E-state index contributed by atoms with van der Waals surface area (Å²) in [6.45, 7) is 2.83. The first-order valence-corrected chi connectivity index (χ1v) is 8.36. The largest absolute Gasteiger partial charge is 0.329 e. The third-order valence-corrected chi connectivity index (χ3v) is 4.87. The zero-order chi connectivity index (χ0) is 18.3. The second kappa shape index (κ2) is 6.45. The number of aromatic nitrogens is 5. The molecule has 1 aromatic carbocycles. The molecule has 3 aromatic rings. The normalized spacial score (nSPS) is 13.6. The van der Waals surface area contributed by atoms with E-state index in [0.29, 0.717) is 37.0 Å². The molecular formula is C17H14ClFN6O. The highest BCUT2D eigenvalue weighted by molar-refractivity contribution is 6.34. The Morgan fingerprint density at radius 3 is 2.85 bits per heavy atom. The van der Waals surface area contributed by atoms with Gasteiger partial charge in [0.15, 0.2) is 11.6 Å². The van der Waals surface area contributed by atoms with Gasteiger partial charge in [-0.2, -0.15) is 0 Å². The molecule has 9 heteroatoms. The van der Waals surface area contributed by atoms with E-state index in [1.54, 1.807) is 30.4 Å². The van der Waals surface area contributed by atoms with E-state index in [-0.39, 0.29) is 22.1 Å². The number of nitrogens with zero attached hydrogens (tertiary/aromatic N) is 6. The molecule has 0 spiro atoms. The van der Waals surface area contributed by atoms with Crippen molar-refractivity contribution in [3.63, 3.8) is 0 Å². The predicted octanol–water partition coefficient (Wildman–Crippen LogP) is 2.49. The van der Waals surface area contributed by atoms with Crippen molar-refractivity contribution >= 4 is 17.5 Å². The number of hydrogen-bond donors (Lipinski definition) is 0. The van der Waals surface area contributed by atoms with Crippen LogP contribution in [0, 0.1) is 12.7 Å². The van der Waals surface area contributed by atoms with Crippen LogP contribution in [0.5, 0.6) is 0 Å². The minimum absolute atomic E-state index is 0.141. The fourth-order valence-corrected chi connectivity index (χ4v) is 3.17. The van der Waals surface area contributed by atoms with Crippen LogP contribution in [-0.2, 0) is 13.1 Å². The molecule has 26 heavy (non-hydrogen) atoms. The molecular weight excluding hydrogens is 359 g/mol. The average molecular weight is 373 g/mol. The van der Waals surface area contributed by atoms with Gasteiger partial charge in [-0.15, -0.1) is 10.2 Å². The summed E-state index contributed by atoms with van der Waals surface area (Å²) in [5, 5.41) is 8.49. The van der Waals surface area contributed by atoms with Crippen LogP contribution in [0.3, 0.4) is 0 Å². The first-order chi connectivity index (χ1) is 12.6. The number of carbonyl (C=O) groups excluding carboxylic acids is 1. The third-order valence-electron chi connectivity index (χ3n) is 4.38. The maximum atomic E-state index is 13.6. The van der Waals surface area contributed by atoms with Crippen LogP contribution in [0.4, 0.5) is 4.39 Å². The van der Waals surface area contributed by atoms with E-state index in [0.717, 1.165) is 0 Å². The van der Waals surface area contributed by atoms with E-state index in [1.165, 1.54) is 12.1 Å². The quantitative estimate of drug-likeness (QED) is 0.690. The van der Waals surface area contributed by atoms with Gasteiger partial charge in [-0.25, -0.2) is 9.37 Å². The topological polar surface area (TPSA) is 76.8 Å². The first-order valence-electron chi connectivity index (χ1n) is 7.98. The van der Waals surface area contributed by atoms with Crippen molar-refractivity contribution in [3.05, 3.63) is 58.5 Å². The molecule has 0 atom stereocenters. The third kappa shape index (κ3) is 2.72. The van der Waals surface area contributed by atoms with Gasteiger partial charge in [0.05, 0.1) is 23.3 Å². The summed E-state index contributed by atoms with van der Waals surface area (Å²) in [7, 11) is 0. The van der Waals surface area contributed by atoms with Gasteiger partial charge in [0, 0.05) is 31.0 Å². The molecule has 0 saturated heterocycles. The van der Waals surface area contributed by atoms with Crippen molar-refractivity contribution in [1.29, 1.82) is 0 Å². The summed E-state index contributed by atoms with van der Waals surface area (Å²) in [4.78, 5) is 22.7. The van der Waals surface area contributed by atoms with Crippen LogP contribution >= 0.6 is 11.6 Å². The molecule has 0 saturated carbocycles. The van der Waals surface area contributed by atoms with Crippen molar-refractivity contribution in [2.45, 2.75) is 20.0 Å². The van der Waals surface area contributed by atoms with Gasteiger partial charge >= 0.3 is 0 Å². The monoisotopic (exact) mass is 372 g/mol. The molecule has 1 aliphatic heterocycles. The summed E-state index contributed by atoms with van der Waals surface area (Å²) >= 11 is 6.16. The Labute approximate surface area is 153 Å². The Balaban J connectivity index is 1.61. The van der Waals surface area contributed by atoms with Gasteiger partial charge in [0.25, 0.3) is 5.91 Å². The molecule has 2 aromatic heterocycles. The van der Waals surface area contributed by atoms with Gasteiger partial charge in [0.1, 0.15) is 11.5 Å². The zero-order valence-electron chi connectivity index (χ0n) is 13.9. The van der Waals surface area contributed by atoms with Crippen LogP contribution in [0.25, 0.3) is 11.5 Å². The molecule has 1 amide bonds. The van der Waals surface area contributed by atoms with E-state index in [4.69, 9.17) is 11.6 Å². The van der Waals surface area contributed by atoms with Crippen molar-refractivity contribution < 1.29 is 9.18 Å². The minimum Gasteiger partial charge on any atom is -0.329 e. The number of rotatable bonds is 2. The Morgan fingerprint density at radius 1 is 1.23 bits per heavy atom. The summed E-state index contributed by atoms with van der Waals surface area (Å²) in [6, 6.07) is 2.67. The van der Waals surface area contributed by atoms with E-state index < -0.39 is 5.82 Å². The molecule has 3 heterocycles. The molecule has 0 aliphatic carbocycles. The van der Waals surface area contributed by atoms with Gasteiger partial charge in [-0.05, 0) is 19.1 Å². The molecule has 0 unspecified atom stereocenters. The molecule has 0 N–H and O–H groups in total. The Bertz CT molecular complexity index is 990. The maximum absolute atomic E-state index is 13.6. The second-order valence-electron chi connectivity index (χ2n) is 5.94. The summed E-state index contributed by atoms with van der Waals surface area (Å²) in [5.74, 6) is 0.586. The summed E-state index contributed by atoms with van der Waals surface area (Å²) in [5.41, 5.74) is 1.18. The van der Waals surface area contributed by atoms with E-state index in [2.05, 4.69) is 20.2 Å². The Hall–Kier alpha value is -2.87. The number of hydrogen-bond acceptors (Lipinski definition) is 5. The zero-order valence-corrected chi connectivity index (χ0v) is 14.6. The number of fused-ring (bicyclic) bond motifs is 1. The maximum Gasteiger partial charge on any atom is 0.255 e. The smallest absolute Gasteiger partial charge is 0.255 e. The Morgan fingerprint density at radius 2 is 2.08 bits per heavy atom. The van der Waals surface area contributed by atoms with Gasteiger partial charge in [-0.1, -0.05) is 11.6 Å². The fourth-order valence-electron chi connectivity index (χ4n) is 2.93. The SMILES string of the molecule is Cc1c(F)ccc(C(=O)N2CCn3c(nnc3-c3cnccn3)C2)c1Cl. The van der Waals surface area contributed by atoms with Gasteiger partial charge in [0.2, 0.25) is 0 Å². The fraction of sp³-hybridized carbons (Fsp3) is 0.235. The van der Waals surface area contributed by atoms with Gasteiger partial charge < -0.3 is 9.47 Å². The summed E-state index contributed by atoms with van der Waals surface area (Å²) < 4.78 is 15.5. The lowest BCUT2D eigenvalue weighted by Gasteiger charge is -2.28. The molecule has 4 rings (SSSR count). The lowest BCUT2D eigenvalue weighted by atomic mass is 10.1. The number of benzene rings is 1. The number of carbonyl (C=O) groups is 1. The molecule has 0 bridgehead atoms. The van der Waals surface area contributed by atoms with Crippen LogP contribution in [0.2, 0.25) is 5.02 Å². The van der Waals surface area contributed by atoms with Gasteiger partial charge in [-0.3, -0.25) is 9.78 Å². The average Bonchev–Trinajstić information content (AvgIpc) is 3.09. The lowest BCUT2D eigenvalue weighted by molar-refractivity contribution is 0.0708. The molecule has 7 nitrogen and oxygen atoms in total. The predicted molar refractivity (Wildman–Crippen MR) is 91.9 cm³/mol. The molecule has 0 fully saturated rings. The molecule has 132 valence electrons. The van der Waals surface area contributed by atoms with Crippen LogP contribution in [0.1, 0.15) is 21.7 Å². The van der Waals surface area contributed by atoms with Crippen LogP contribution < -0.4 is 0 Å². The van der Waals surface area contributed by atoms with Crippen LogP contribution in [0.15, 0.2) is 30.7 Å². The molecule has 1 aliphatic rings. The lowest BCUT2D eigenvalue weighted by Crippen LogP contribution is -2.38. The highest BCUT2D eigenvalue weighted by Gasteiger charge is 2.27. The van der Waals surface area contributed by atoms with Crippen LogP contribution in [-0.4, -0.2) is 42.1 Å². The summed E-state index contributed by atoms with van der Waals surface area (Å²) in [6.07, 6.45) is 4.80. The highest BCUT2D eigenvalue weighted by Crippen LogP contribution is 2.26. The molecule has 0 radical (unpaired) electrons. The van der Waals surface area contributed by atoms with Crippen molar-refractivity contribution in [1.82, 2.24) is 29.6 Å². The minimum atomic E-state index is -0.432. The Kier molecular flexibility index (Phi) is 4.12. The van der Waals surface area contributed by atoms with E-state index in [9.17, 15) is 9.18 Å². The van der Waals surface area contributed by atoms with E-state index >= 15 is 0 Å². The van der Waals surface area contributed by atoms with E-state index in [1.807, 2.05) is 4.57 Å². The highest BCUT2D eigenvalue weighted by atomic mass is 35.5. The number of halogens is 2. The van der Waals surface area contributed by atoms with Crippen molar-refractivity contribution in [2.24, 2.45) is 0 Å². The van der Waals surface area contributed by atoms with Crippen molar-refractivity contribution in [3.8, 4) is 11.5 Å². The number of amides is 1. The second-order valence-corrected chi connectivity index (χ2v) is 6.32. The standard InChI is InChI=1S/C17H14ClFN6O/c1-10-12(19)3-2-11(15(10)18)17(26)24-6-7-25-14(9-24)22-23-16(25)13-8-20-4-5-21-13/h2-5,8H,6-7,9H2,1H3.